The van der Waals surface area contributed by atoms with Crippen molar-refractivity contribution in [1.82, 2.24) is 5.32 Å². The van der Waals surface area contributed by atoms with Crippen molar-refractivity contribution in [1.29, 1.82) is 5.26 Å². The number of carbonyl (C=O) groups is 1. The molecule has 90 valence electrons. The van der Waals surface area contributed by atoms with Crippen LogP contribution in [0.15, 0.2) is 24.3 Å². The smallest absolute Gasteiger partial charge is 0.305 e. The first kappa shape index (κ1) is 13.2. The predicted octanol–water partition coefficient (Wildman–Crippen LogP) is 1.60. The first-order valence-electron chi connectivity index (χ1n) is 5.53. The maximum absolute atomic E-state index is 10.8. The van der Waals surface area contributed by atoms with E-state index >= 15 is 0 Å². The van der Waals surface area contributed by atoms with Gasteiger partial charge < -0.3 is 10.1 Å². The number of benzene rings is 1. The second kappa shape index (κ2) is 7.42. The van der Waals surface area contributed by atoms with Gasteiger partial charge in [0.25, 0.3) is 0 Å². The van der Waals surface area contributed by atoms with Gasteiger partial charge in [0.2, 0.25) is 0 Å². The molecule has 0 spiro atoms. The highest BCUT2D eigenvalue weighted by molar-refractivity contribution is 5.69. The molecule has 0 saturated carbocycles. The van der Waals surface area contributed by atoms with E-state index in [4.69, 9.17) is 5.26 Å². The Labute approximate surface area is 101 Å². The number of esters is 1. The molecule has 1 aromatic rings. The third-order valence-electron chi connectivity index (χ3n) is 2.35. The molecule has 1 rings (SSSR count). The van der Waals surface area contributed by atoms with Crippen molar-refractivity contribution in [2.24, 2.45) is 0 Å². The van der Waals surface area contributed by atoms with Crippen LogP contribution >= 0.6 is 0 Å². The molecule has 0 radical (unpaired) electrons. The molecule has 4 heteroatoms. The highest BCUT2D eigenvalue weighted by atomic mass is 16.5. The Kier molecular flexibility index (Phi) is 5.76. The van der Waals surface area contributed by atoms with Crippen molar-refractivity contribution in [3.8, 4) is 6.07 Å². The van der Waals surface area contributed by atoms with Crippen LogP contribution in [-0.4, -0.2) is 19.6 Å². The average Bonchev–Trinajstić information content (AvgIpc) is 2.38. The van der Waals surface area contributed by atoms with Gasteiger partial charge in [-0.2, -0.15) is 5.26 Å². The van der Waals surface area contributed by atoms with E-state index in [1.54, 1.807) is 6.07 Å². The molecule has 0 amide bonds. The highest BCUT2D eigenvalue weighted by Gasteiger charge is 1.99. The SMILES string of the molecule is COC(=O)CCCNCc1cccc(C#N)c1. The van der Waals surface area contributed by atoms with E-state index < -0.39 is 0 Å². The van der Waals surface area contributed by atoms with E-state index in [0.29, 0.717) is 18.5 Å². The summed E-state index contributed by atoms with van der Waals surface area (Å²) in [6.45, 7) is 1.46. The van der Waals surface area contributed by atoms with Gasteiger partial charge in [0.1, 0.15) is 0 Å². The number of nitriles is 1. The molecule has 0 fully saturated rings. The quantitative estimate of drug-likeness (QED) is 0.597. The minimum atomic E-state index is -0.182. The maximum atomic E-state index is 10.8. The van der Waals surface area contributed by atoms with Crippen molar-refractivity contribution in [3.05, 3.63) is 35.4 Å². The lowest BCUT2D eigenvalue weighted by Gasteiger charge is -2.04. The monoisotopic (exact) mass is 232 g/mol. The molecule has 17 heavy (non-hydrogen) atoms. The Morgan fingerprint density at radius 2 is 2.35 bits per heavy atom. The van der Waals surface area contributed by atoms with Crippen molar-refractivity contribution < 1.29 is 9.53 Å². The van der Waals surface area contributed by atoms with Crippen molar-refractivity contribution in [2.45, 2.75) is 19.4 Å². The van der Waals surface area contributed by atoms with E-state index in [0.717, 1.165) is 18.5 Å². The zero-order valence-electron chi connectivity index (χ0n) is 9.90. The summed E-state index contributed by atoms with van der Waals surface area (Å²) in [5, 5.41) is 12.0. The number of carbonyl (C=O) groups excluding carboxylic acids is 1. The predicted molar refractivity (Wildman–Crippen MR) is 64.1 cm³/mol. The Morgan fingerprint density at radius 3 is 3.06 bits per heavy atom. The molecule has 4 nitrogen and oxygen atoms in total. The third-order valence-corrected chi connectivity index (χ3v) is 2.35. The third kappa shape index (κ3) is 5.14. The molecule has 1 aromatic carbocycles. The lowest BCUT2D eigenvalue weighted by atomic mass is 10.1. The summed E-state index contributed by atoms with van der Waals surface area (Å²) in [5.74, 6) is -0.182. The standard InChI is InChI=1S/C13H16N2O2/c1-17-13(16)6-3-7-15-10-12-5-2-4-11(8-12)9-14/h2,4-5,8,15H,3,6-7,10H2,1H3. The van der Waals surface area contributed by atoms with Gasteiger partial charge in [0, 0.05) is 13.0 Å². The number of methoxy groups -OCH3 is 1. The largest absolute Gasteiger partial charge is 0.469 e. The van der Waals surface area contributed by atoms with Crippen LogP contribution in [0, 0.1) is 11.3 Å². The maximum Gasteiger partial charge on any atom is 0.305 e. The molecule has 0 aromatic heterocycles. The molecule has 0 bridgehead atoms. The molecule has 0 atom stereocenters. The van der Waals surface area contributed by atoms with E-state index in [2.05, 4.69) is 16.1 Å². The number of nitrogens with one attached hydrogen (secondary N) is 1. The molecule has 0 aliphatic rings. The van der Waals surface area contributed by atoms with Gasteiger partial charge in [-0.05, 0) is 30.7 Å². The minimum Gasteiger partial charge on any atom is -0.469 e. The Hall–Kier alpha value is -1.86. The molecule has 0 unspecified atom stereocenters. The molecule has 0 aliphatic carbocycles. The Bertz CT molecular complexity index is 410. The fraction of sp³-hybridized carbons (Fsp3) is 0.385. The van der Waals surface area contributed by atoms with Crippen LogP contribution in [0.5, 0.6) is 0 Å². The molecule has 0 aliphatic heterocycles. The van der Waals surface area contributed by atoms with E-state index in [1.807, 2.05) is 18.2 Å². The number of ether oxygens (including phenoxy) is 1. The highest BCUT2D eigenvalue weighted by Crippen LogP contribution is 2.03. The summed E-state index contributed by atoms with van der Waals surface area (Å²) in [7, 11) is 1.39. The number of rotatable bonds is 6. The fourth-order valence-corrected chi connectivity index (χ4v) is 1.44. The van der Waals surface area contributed by atoms with Gasteiger partial charge in [0.15, 0.2) is 0 Å². The minimum absolute atomic E-state index is 0.182. The topological polar surface area (TPSA) is 62.1 Å². The van der Waals surface area contributed by atoms with Crippen LogP contribution in [0.4, 0.5) is 0 Å². The molecule has 0 heterocycles. The van der Waals surface area contributed by atoms with Crippen LogP contribution in [0.25, 0.3) is 0 Å². The Morgan fingerprint density at radius 1 is 1.53 bits per heavy atom. The molecule has 0 saturated heterocycles. The van der Waals surface area contributed by atoms with Gasteiger partial charge in [-0.1, -0.05) is 12.1 Å². The lowest BCUT2D eigenvalue weighted by molar-refractivity contribution is -0.140. The zero-order valence-corrected chi connectivity index (χ0v) is 9.90. The van der Waals surface area contributed by atoms with Crippen LogP contribution in [0.1, 0.15) is 24.0 Å². The second-order valence-corrected chi connectivity index (χ2v) is 3.67. The first-order valence-corrected chi connectivity index (χ1v) is 5.53. The van der Waals surface area contributed by atoms with Crippen LogP contribution in [0.2, 0.25) is 0 Å². The van der Waals surface area contributed by atoms with Gasteiger partial charge in [-0.3, -0.25) is 4.79 Å². The summed E-state index contributed by atoms with van der Waals surface area (Å²) in [4.78, 5) is 10.8. The number of hydrogen-bond donors (Lipinski definition) is 1. The summed E-state index contributed by atoms with van der Waals surface area (Å²) in [6.07, 6.45) is 1.19. The van der Waals surface area contributed by atoms with Gasteiger partial charge in [-0.25, -0.2) is 0 Å². The van der Waals surface area contributed by atoms with E-state index in [9.17, 15) is 4.79 Å². The summed E-state index contributed by atoms with van der Waals surface area (Å²) in [6, 6.07) is 9.57. The zero-order chi connectivity index (χ0) is 12.5. The van der Waals surface area contributed by atoms with E-state index in [1.165, 1.54) is 7.11 Å². The molecular weight excluding hydrogens is 216 g/mol. The van der Waals surface area contributed by atoms with Crippen LogP contribution in [-0.2, 0) is 16.1 Å². The Balaban J connectivity index is 2.22. The van der Waals surface area contributed by atoms with Crippen LogP contribution < -0.4 is 5.32 Å². The van der Waals surface area contributed by atoms with Crippen molar-refractivity contribution >= 4 is 5.97 Å². The summed E-state index contributed by atoms with van der Waals surface area (Å²) >= 11 is 0. The van der Waals surface area contributed by atoms with Crippen molar-refractivity contribution in [2.75, 3.05) is 13.7 Å². The second-order valence-electron chi connectivity index (χ2n) is 3.67. The number of hydrogen-bond acceptors (Lipinski definition) is 4. The first-order chi connectivity index (χ1) is 8.26. The summed E-state index contributed by atoms with van der Waals surface area (Å²) < 4.78 is 4.54. The van der Waals surface area contributed by atoms with Gasteiger partial charge >= 0.3 is 5.97 Å². The normalized spacial score (nSPS) is 9.65. The van der Waals surface area contributed by atoms with E-state index in [-0.39, 0.29) is 5.97 Å². The number of nitrogens with zero attached hydrogens (tertiary/aromatic N) is 1. The van der Waals surface area contributed by atoms with Gasteiger partial charge in [0.05, 0.1) is 18.7 Å². The lowest BCUT2D eigenvalue weighted by Crippen LogP contribution is -2.16. The molecular formula is C13H16N2O2. The molecule has 1 N–H and O–H groups in total. The van der Waals surface area contributed by atoms with Gasteiger partial charge in [-0.15, -0.1) is 0 Å². The van der Waals surface area contributed by atoms with Crippen LogP contribution in [0.3, 0.4) is 0 Å². The van der Waals surface area contributed by atoms with Crippen molar-refractivity contribution in [3.63, 3.8) is 0 Å². The summed E-state index contributed by atoms with van der Waals surface area (Å²) in [5.41, 5.74) is 1.74. The fourth-order valence-electron chi connectivity index (χ4n) is 1.44. The average molecular weight is 232 g/mol.